The van der Waals surface area contributed by atoms with Gasteiger partial charge in [0.1, 0.15) is 11.6 Å². The monoisotopic (exact) mass is 369 g/mol. The fourth-order valence-electron chi connectivity index (χ4n) is 3.16. The van der Waals surface area contributed by atoms with Crippen molar-refractivity contribution in [1.82, 2.24) is 14.5 Å². The predicted octanol–water partition coefficient (Wildman–Crippen LogP) is 5.44. The van der Waals surface area contributed by atoms with E-state index in [1.807, 2.05) is 14.0 Å². The zero-order valence-electron chi connectivity index (χ0n) is 15.3. The van der Waals surface area contributed by atoms with Crippen LogP contribution in [0.5, 0.6) is 0 Å². The first-order valence-corrected chi connectivity index (χ1v) is 8.77. The van der Waals surface area contributed by atoms with Gasteiger partial charge in [-0.1, -0.05) is 12.1 Å². The molecule has 0 saturated heterocycles. The van der Waals surface area contributed by atoms with E-state index in [9.17, 15) is 17.6 Å². The maximum atomic E-state index is 14.7. The third-order valence-corrected chi connectivity index (χ3v) is 5.02. The normalized spacial score (nSPS) is 16.5. The Morgan fingerprint density at radius 1 is 1.19 bits per heavy atom. The lowest BCUT2D eigenvalue weighted by atomic mass is 10.0. The average molecular weight is 369 g/mol. The first kappa shape index (κ1) is 18.9. The van der Waals surface area contributed by atoms with Crippen LogP contribution in [0.3, 0.4) is 0 Å². The van der Waals surface area contributed by atoms with Crippen molar-refractivity contribution in [3.63, 3.8) is 0 Å². The highest BCUT2D eigenvalue weighted by molar-refractivity contribution is 5.57. The molecule has 0 amide bonds. The number of alkyl halides is 3. The van der Waals surface area contributed by atoms with Crippen molar-refractivity contribution >= 4 is 0 Å². The summed E-state index contributed by atoms with van der Waals surface area (Å²) in [6, 6.07) is 4.76. The molecule has 3 nitrogen and oxygen atoms in total. The molecular weight excluding hydrogens is 346 g/mol. The number of rotatable bonds is 5. The average Bonchev–Trinajstić information content (AvgIpc) is 3.29. The van der Waals surface area contributed by atoms with Crippen LogP contribution in [0.15, 0.2) is 24.4 Å². The molecule has 1 heterocycles. The van der Waals surface area contributed by atoms with Gasteiger partial charge >= 0.3 is 6.18 Å². The van der Waals surface area contributed by atoms with Crippen LogP contribution in [-0.2, 0) is 6.18 Å². The Morgan fingerprint density at radius 3 is 2.35 bits per heavy atom. The van der Waals surface area contributed by atoms with Crippen LogP contribution < -0.4 is 0 Å². The molecule has 1 saturated carbocycles. The van der Waals surface area contributed by atoms with Crippen LogP contribution in [0, 0.1) is 5.82 Å². The maximum absolute atomic E-state index is 14.7. The van der Waals surface area contributed by atoms with Crippen LogP contribution in [0.1, 0.15) is 57.0 Å². The highest BCUT2D eigenvalue weighted by Crippen LogP contribution is 2.36. The molecule has 142 valence electrons. The summed E-state index contributed by atoms with van der Waals surface area (Å²) in [4.78, 5) is 5.86. The molecule has 1 aromatic carbocycles. The molecule has 0 N–H and O–H groups in total. The van der Waals surface area contributed by atoms with Crippen LogP contribution in [-0.4, -0.2) is 27.5 Å². The van der Waals surface area contributed by atoms with E-state index in [0.29, 0.717) is 17.2 Å². The standard InChI is InChI=1S/C19H23F4N3/c1-11(2)26-10-17(19(21,22)23)24-18(26)13-5-8-15(16(20)9-13)12(3)25(4)14-6-7-14/h5,8-12,14H,6-7H2,1-4H3. The van der Waals surface area contributed by atoms with Gasteiger partial charge in [-0.15, -0.1) is 0 Å². The van der Waals surface area contributed by atoms with E-state index in [4.69, 9.17) is 0 Å². The minimum Gasteiger partial charge on any atom is -0.328 e. The molecule has 26 heavy (non-hydrogen) atoms. The van der Waals surface area contributed by atoms with Gasteiger partial charge in [-0.3, -0.25) is 4.90 Å². The van der Waals surface area contributed by atoms with E-state index in [1.165, 1.54) is 10.6 Å². The summed E-state index contributed by atoms with van der Waals surface area (Å²) in [7, 11) is 1.97. The van der Waals surface area contributed by atoms with Crippen LogP contribution >= 0.6 is 0 Å². The van der Waals surface area contributed by atoms with Crippen LogP contribution in [0.2, 0.25) is 0 Å². The Hall–Kier alpha value is -1.89. The van der Waals surface area contributed by atoms with Crippen molar-refractivity contribution in [3.8, 4) is 11.4 Å². The molecule has 0 radical (unpaired) electrons. The van der Waals surface area contributed by atoms with Gasteiger partial charge in [-0.25, -0.2) is 9.37 Å². The SMILES string of the molecule is CC(c1ccc(-c2nc(C(F)(F)F)cn2C(C)C)cc1F)N(C)C1CC1. The van der Waals surface area contributed by atoms with Crippen molar-refractivity contribution < 1.29 is 17.6 Å². The van der Waals surface area contributed by atoms with Gasteiger partial charge in [0, 0.05) is 35.4 Å². The van der Waals surface area contributed by atoms with E-state index >= 15 is 0 Å². The molecule has 1 aliphatic rings. The van der Waals surface area contributed by atoms with E-state index in [2.05, 4.69) is 9.88 Å². The lowest BCUT2D eigenvalue weighted by Gasteiger charge is -2.25. The van der Waals surface area contributed by atoms with Gasteiger partial charge in [-0.05, 0) is 46.7 Å². The fraction of sp³-hybridized carbons (Fsp3) is 0.526. The molecule has 1 atom stereocenters. The van der Waals surface area contributed by atoms with Crippen molar-refractivity contribution in [1.29, 1.82) is 0 Å². The van der Waals surface area contributed by atoms with Crippen molar-refractivity contribution in [2.24, 2.45) is 0 Å². The number of halogens is 4. The number of nitrogens with zero attached hydrogens (tertiary/aromatic N) is 3. The molecule has 3 rings (SSSR count). The van der Waals surface area contributed by atoms with Gasteiger partial charge in [0.05, 0.1) is 0 Å². The lowest BCUT2D eigenvalue weighted by Crippen LogP contribution is -2.25. The fourth-order valence-corrected chi connectivity index (χ4v) is 3.16. The molecule has 2 aromatic rings. The van der Waals surface area contributed by atoms with E-state index in [0.717, 1.165) is 19.0 Å². The number of hydrogen-bond acceptors (Lipinski definition) is 2. The smallest absolute Gasteiger partial charge is 0.328 e. The van der Waals surface area contributed by atoms with E-state index in [-0.39, 0.29) is 17.9 Å². The second kappa shape index (κ2) is 6.68. The van der Waals surface area contributed by atoms with Crippen molar-refractivity contribution in [2.75, 3.05) is 7.05 Å². The molecule has 7 heteroatoms. The third kappa shape index (κ3) is 3.63. The second-order valence-electron chi connectivity index (χ2n) is 7.26. The molecular formula is C19H23F4N3. The van der Waals surface area contributed by atoms with Gasteiger partial charge in [-0.2, -0.15) is 13.2 Å². The van der Waals surface area contributed by atoms with Gasteiger partial charge < -0.3 is 4.57 Å². The molecule has 0 bridgehead atoms. The molecule has 0 spiro atoms. The van der Waals surface area contributed by atoms with Gasteiger partial charge in [0.15, 0.2) is 5.69 Å². The first-order chi connectivity index (χ1) is 12.1. The van der Waals surface area contributed by atoms with Crippen molar-refractivity contribution in [2.45, 2.75) is 57.9 Å². The Labute approximate surface area is 150 Å². The number of benzene rings is 1. The zero-order chi connectivity index (χ0) is 19.2. The summed E-state index contributed by atoms with van der Waals surface area (Å²) >= 11 is 0. The van der Waals surface area contributed by atoms with E-state index < -0.39 is 17.7 Å². The third-order valence-electron chi connectivity index (χ3n) is 5.02. The quantitative estimate of drug-likeness (QED) is 0.654. The minimum absolute atomic E-state index is 0.0906. The molecule has 0 aliphatic heterocycles. The Balaban J connectivity index is 1.97. The topological polar surface area (TPSA) is 21.1 Å². The molecule has 1 unspecified atom stereocenters. The first-order valence-electron chi connectivity index (χ1n) is 8.77. The lowest BCUT2D eigenvalue weighted by molar-refractivity contribution is -0.140. The predicted molar refractivity (Wildman–Crippen MR) is 92.2 cm³/mol. The largest absolute Gasteiger partial charge is 0.434 e. The van der Waals surface area contributed by atoms with Gasteiger partial charge in [0.25, 0.3) is 0 Å². The summed E-state index contributed by atoms with van der Waals surface area (Å²) in [6.07, 6.45) is -1.32. The van der Waals surface area contributed by atoms with Crippen LogP contribution in [0.4, 0.5) is 17.6 Å². The number of aromatic nitrogens is 2. The Kier molecular flexibility index (Phi) is 4.86. The van der Waals surface area contributed by atoms with Gasteiger partial charge in [0.2, 0.25) is 0 Å². The van der Waals surface area contributed by atoms with Crippen LogP contribution in [0.25, 0.3) is 11.4 Å². The molecule has 1 aliphatic carbocycles. The Morgan fingerprint density at radius 2 is 1.85 bits per heavy atom. The summed E-state index contributed by atoms with van der Waals surface area (Å²) in [5, 5.41) is 0. The summed E-state index contributed by atoms with van der Waals surface area (Å²) in [5.41, 5.74) is -0.0777. The number of hydrogen-bond donors (Lipinski definition) is 0. The Bertz CT molecular complexity index is 791. The summed E-state index contributed by atoms with van der Waals surface area (Å²) in [6.45, 7) is 5.47. The van der Waals surface area contributed by atoms with Crippen molar-refractivity contribution in [3.05, 3.63) is 41.5 Å². The second-order valence-corrected chi connectivity index (χ2v) is 7.26. The maximum Gasteiger partial charge on any atom is 0.434 e. The van der Waals surface area contributed by atoms with E-state index in [1.54, 1.807) is 26.0 Å². The number of imidazole rings is 1. The summed E-state index contributed by atoms with van der Waals surface area (Å²) < 4.78 is 55.2. The molecule has 1 fully saturated rings. The minimum atomic E-state index is -4.53. The highest BCUT2D eigenvalue weighted by Gasteiger charge is 2.35. The highest BCUT2D eigenvalue weighted by atomic mass is 19.4. The summed E-state index contributed by atoms with van der Waals surface area (Å²) in [5.74, 6) is -0.296. The zero-order valence-corrected chi connectivity index (χ0v) is 15.3. The molecule has 1 aromatic heterocycles.